The van der Waals surface area contributed by atoms with Crippen LogP contribution in [-0.2, 0) is 13.5 Å². The number of halogens is 1. The van der Waals surface area contributed by atoms with E-state index in [1.807, 2.05) is 12.1 Å². The topological polar surface area (TPSA) is 17.0 Å². The molecule has 18 heavy (non-hydrogen) atoms. The summed E-state index contributed by atoms with van der Waals surface area (Å²) in [7, 11) is 2.07. The van der Waals surface area contributed by atoms with Crippen molar-refractivity contribution in [1.29, 1.82) is 0 Å². The normalized spacial score (nSPS) is 15.4. The Bertz CT molecular complexity index is 555. The van der Waals surface area contributed by atoms with E-state index in [0.29, 0.717) is 0 Å². The second-order valence-corrected chi connectivity index (χ2v) is 5.64. The van der Waals surface area contributed by atoms with E-state index in [2.05, 4.69) is 29.2 Å². The Morgan fingerprint density at radius 1 is 1.39 bits per heavy atom. The highest BCUT2D eigenvalue weighted by Crippen LogP contribution is 2.28. The van der Waals surface area contributed by atoms with Crippen LogP contribution in [0.1, 0.15) is 24.8 Å². The Morgan fingerprint density at radius 2 is 2.22 bits per heavy atom. The van der Waals surface area contributed by atoms with Crippen molar-refractivity contribution in [3.05, 3.63) is 35.0 Å². The van der Waals surface area contributed by atoms with Crippen LogP contribution in [-0.4, -0.2) is 17.2 Å². The molecule has 1 heterocycles. The maximum atomic E-state index is 6.25. The van der Waals surface area contributed by atoms with Gasteiger partial charge in [-0.25, -0.2) is 0 Å². The van der Waals surface area contributed by atoms with Crippen molar-refractivity contribution in [3.8, 4) is 0 Å². The molecule has 0 saturated heterocycles. The van der Waals surface area contributed by atoms with Gasteiger partial charge in [-0.1, -0.05) is 23.7 Å². The molecule has 1 fully saturated rings. The Kier molecular flexibility index (Phi) is 3.31. The number of hydrogen-bond acceptors (Lipinski definition) is 1. The predicted octanol–water partition coefficient (Wildman–Crippen LogP) is 3.52. The molecule has 0 unspecified atom stereocenters. The molecule has 2 nitrogen and oxygen atoms in total. The maximum Gasteiger partial charge on any atom is 0.0669 e. The van der Waals surface area contributed by atoms with Crippen molar-refractivity contribution in [3.63, 3.8) is 0 Å². The van der Waals surface area contributed by atoms with Gasteiger partial charge in [-0.3, -0.25) is 0 Å². The third-order valence-corrected chi connectivity index (χ3v) is 3.97. The van der Waals surface area contributed by atoms with E-state index in [1.54, 1.807) is 0 Å². The molecule has 1 aromatic heterocycles. The van der Waals surface area contributed by atoms with Gasteiger partial charge in [-0.05, 0) is 43.9 Å². The molecule has 1 aromatic carbocycles. The molecule has 0 spiro atoms. The van der Waals surface area contributed by atoms with E-state index in [1.165, 1.54) is 30.2 Å². The van der Waals surface area contributed by atoms with Gasteiger partial charge >= 0.3 is 0 Å². The molecular weight excluding hydrogens is 244 g/mol. The zero-order valence-electron chi connectivity index (χ0n) is 10.7. The standard InChI is InChI=1S/C15H19ClN2/c1-18-10-11(4-3-9-17-12-7-8-12)13-5-2-6-14(16)15(13)18/h2,5-6,10,12,17H,3-4,7-9H2,1H3. The first-order valence-corrected chi connectivity index (χ1v) is 7.09. The first kappa shape index (κ1) is 12.1. The van der Waals surface area contributed by atoms with E-state index in [9.17, 15) is 0 Å². The van der Waals surface area contributed by atoms with Gasteiger partial charge in [0.1, 0.15) is 0 Å². The number of rotatable bonds is 5. The van der Waals surface area contributed by atoms with Crippen molar-refractivity contribution in [1.82, 2.24) is 9.88 Å². The lowest BCUT2D eigenvalue weighted by atomic mass is 10.1. The number of fused-ring (bicyclic) bond motifs is 1. The number of nitrogens with one attached hydrogen (secondary N) is 1. The summed E-state index contributed by atoms with van der Waals surface area (Å²) in [6, 6.07) is 6.98. The third-order valence-electron chi connectivity index (χ3n) is 3.67. The Balaban J connectivity index is 1.72. The van der Waals surface area contributed by atoms with Crippen LogP contribution in [0.4, 0.5) is 0 Å². The van der Waals surface area contributed by atoms with Crippen molar-refractivity contribution < 1.29 is 0 Å². The Hall–Kier alpha value is -0.990. The smallest absolute Gasteiger partial charge is 0.0669 e. The molecule has 0 aliphatic heterocycles. The van der Waals surface area contributed by atoms with E-state index in [4.69, 9.17) is 11.6 Å². The van der Waals surface area contributed by atoms with Crippen molar-refractivity contribution in [2.45, 2.75) is 31.7 Å². The van der Waals surface area contributed by atoms with Crippen molar-refractivity contribution in [2.75, 3.05) is 6.54 Å². The quantitative estimate of drug-likeness (QED) is 0.816. The van der Waals surface area contributed by atoms with Gasteiger partial charge in [-0.15, -0.1) is 0 Å². The molecular formula is C15H19ClN2. The van der Waals surface area contributed by atoms with Gasteiger partial charge in [-0.2, -0.15) is 0 Å². The van der Waals surface area contributed by atoms with Gasteiger partial charge in [0.2, 0.25) is 0 Å². The van der Waals surface area contributed by atoms with Crippen LogP contribution < -0.4 is 5.32 Å². The molecule has 96 valence electrons. The van der Waals surface area contributed by atoms with Crippen LogP contribution in [0.2, 0.25) is 5.02 Å². The molecule has 1 N–H and O–H groups in total. The van der Waals surface area contributed by atoms with E-state index < -0.39 is 0 Å². The number of para-hydroxylation sites is 1. The van der Waals surface area contributed by atoms with Gasteiger partial charge < -0.3 is 9.88 Å². The zero-order valence-corrected chi connectivity index (χ0v) is 11.5. The first-order chi connectivity index (χ1) is 8.75. The Morgan fingerprint density at radius 3 is 3.00 bits per heavy atom. The van der Waals surface area contributed by atoms with Crippen molar-refractivity contribution >= 4 is 22.5 Å². The van der Waals surface area contributed by atoms with Crippen molar-refractivity contribution in [2.24, 2.45) is 7.05 Å². The fourth-order valence-electron chi connectivity index (χ4n) is 2.57. The van der Waals surface area contributed by atoms with Gasteiger partial charge in [0, 0.05) is 24.7 Å². The molecule has 1 aliphatic carbocycles. The fraction of sp³-hybridized carbons (Fsp3) is 0.467. The number of hydrogen-bond donors (Lipinski definition) is 1. The fourth-order valence-corrected chi connectivity index (χ4v) is 2.88. The molecule has 0 amide bonds. The SMILES string of the molecule is Cn1cc(CCCNC2CC2)c2cccc(Cl)c21. The van der Waals surface area contributed by atoms with Gasteiger partial charge in [0.25, 0.3) is 0 Å². The highest BCUT2D eigenvalue weighted by molar-refractivity contribution is 6.35. The lowest BCUT2D eigenvalue weighted by Gasteiger charge is -2.02. The summed E-state index contributed by atoms with van der Waals surface area (Å²) in [4.78, 5) is 0. The molecule has 1 aliphatic rings. The largest absolute Gasteiger partial charge is 0.349 e. The number of nitrogens with zero attached hydrogens (tertiary/aromatic N) is 1. The molecule has 3 heteroatoms. The predicted molar refractivity (Wildman–Crippen MR) is 77.3 cm³/mol. The molecule has 0 bridgehead atoms. The van der Waals surface area contributed by atoms with Crippen LogP contribution in [0, 0.1) is 0 Å². The number of aryl methyl sites for hydroxylation is 2. The minimum absolute atomic E-state index is 0.812. The van der Waals surface area contributed by atoms with Crippen LogP contribution in [0.15, 0.2) is 24.4 Å². The monoisotopic (exact) mass is 262 g/mol. The average molecular weight is 263 g/mol. The van der Waals surface area contributed by atoms with E-state index in [0.717, 1.165) is 29.5 Å². The van der Waals surface area contributed by atoms with Crippen LogP contribution >= 0.6 is 11.6 Å². The van der Waals surface area contributed by atoms with Crippen LogP contribution in [0.3, 0.4) is 0 Å². The second kappa shape index (κ2) is 4.94. The maximum absolute atomic E-state index is 6.25. The third kappa shape index (κ3) is 2.40. The molecule has 0 atom stereocenters. The lowest BCUT2D eigenvalue weighted by molar-refractivity contribution is 0.646. The summed E-state index contributed by atoms with van der Waals surface area (Å²) in [5, 5.41) is 5.71. The second-order valence-electron chi connectivity index (χ2n) is 5.23. The lowest BCUT2D eigenvalue weighted by Crippen LogP contribution is -2.17. The summed E-state index contributed by atoms with van der Waals surface area (Å²) in [5.74, 6) is 0. The van der Waals surface area contributed by atoms with Gasteiger partial charge in [0.15, 0.2) is 0 Å². The highest BCUT2D eigenvalue weighted by atomic mass is 35.5. The zero-order chi connectivity index (χ0) is 12.5. The van der Waals surface area contributed by atoms with Crippen LogP contribution in [0.25, 0.3) is 10.9 Å². The molecule has 0 radical (unpaired) electrons. The molecule has 2 aromatic rings. The number of benzene rings is 1. The molecule has 3 rings (SSSR count). The van der Waals surface area contributed by atoms with E-state index in [-0.39, 0.29) is 0 Å². The highest BCUT2D eigenvalue weighted by Gasteiger charge is 2.19. The first-order valence-electron chi connectivity index (χ1n) is 6.71. The Labute approximate surface area is 113 Å². The summed E-state index contributed by atoms with van der Waals surface area (Å²) < 4.78 is 2.14. The van der Waals surface area contributed by atoms with Gasteiger partial charge in [0.05, 0.1) is 10.5 Å². The summed E-state index contributed by atoms with van der Waals surface area (Å²) in [6.07, 6.45) is 7.26. The molecule has 1 saturated carbocycles. The van der Waals surface area contributed by atoms with Crippen LogP contribution in [0.5, 0.6) is 0 Å². The summed E-state index contributed by atoms with van der Waals surface area (Å²) in [5.41, 5.74) is 2.57. The average Bonchev–Trinajstić information content (AvgIpc) is 3.11. The van der Waals surface area contributed by atoms with E-state index >= 15 is 0 Å². The number of aromatic nitrogens is 1. The minimum atomic E-state index is 0.812. The summed E-state index contributed by atoms with van der Waals surface area (Å²) >= 11 is 6.25. The minimum Gasteiger partial charge on any atom is -0.349 e. The summed E-state index contributed by atoms with van der Waals surface area (Å²) in [6.45, 7) is 1.13.